The summed E-state index contributed by atoms with van der Waals surface area (Å²) in [6, 6.07) is 0. The molecule has 1 saturated heterocycles. The highest BCUT2D eigenvalue weighted by atomic mass is 127. The van der Waals surface area contributed by atoms with Gasteiger partial charge in [0.1, 0.15) is 6.54 Å². The van der Waals surface area contributed by atoms with E-state index in [0.717, 1.165) is 45.4 Å². The van der Waals surface area contributed by atoms with Crippen LogP contribution >= 0.6 is 24.0 Å². The Hall–Kier alpha value is -0.610. The number of nitrogens with zero attached hydrogens (tertiary/aromatic N) is 1. The van der Waals surface area contributed by atoms with Crippen LogP contribution in [0.15, 0.2) is 4.99 Å². The Labute approximate surface area is 162 Å². The minimum Gasteiger partial charge on any atom is -0.379 e. The highest BCUT2D eigenvalue weighted by Crippen LogP contribution is 2.11. The first kappa shape index (κ1) is 23.4. The Morgan fingerprint density at radius 1 is 1.25 bits per heavy atom. The van der Waals surface area contributed by atoms with Gasteiger partial charge in [-0.1, -0.05) is 6.92 Å². The summed E-state index contributed by atoms with van der Waals surface area (Å²) in [5, 5.41) is 9.14. The van der Waals surface area contributed by atoms with Crippen LogP contribution in [0.3, 0.4) is 0 Å². The van der Waals surface area contributed by atoms with Crippen LogP contribution in [0.2, 0.25) is 0 Å². The van der Waals surface area contributed by atoms with Crippen LogP contribution in [0.1, 0.15) is 39.5 Å². The number of guanidine groups is 1. The van der Waals surface area contributed by atoms with E-state index in [0.29, 0.717) is 25.7 Å². The van der Waals surface area contributed by atoms with Crippen molar-refractivity contribution in [3.63, 3.8) is 0 Å². The molecule has 8 heteroatoms. The van der Waals surface area contributed by atoms with Crippen LogP contribution in [0.25, 0.3) is 0 Å². The number of carbonyl (C=O) groups excluding carboxylic acids is 1. The van der Waals surface area contributed by atoms with Crippen molar-refractivity contribution in [1.82, 2.24) is 16.0 Å². The van der Waals surface area contributed by atoms with Crippen LogP contribution in [0.5, 0.6) is 0 Å². The Morgan fingerprint density at radius 3 is 2.75 bits per heavy atom. The van der Waals surface area contributed by atoms with Gasteiger partial charge in [-0.15, -0.1) is 24.0 Å². The summed E-state index contributed by atoms with van der Waals surface area (Å²) in [5.41, 5.74) is 0. The second-order valence-corrected chi connectivity index (χ2v) is 5.54. The van der Waals surface area contributed by atoms with Crippen molar-refractivity contribution in [3.05, 3.63) is 0 Å². The molecule has 1 rings (SSSR count). The maximum atomic E-state index is 11.5. The van der Waals surface area contributed by atoms with E-state index in [4.69, 9.17) is 9.47 Å². The molecule has 1 amide bonds. The van der Waals surface area contributed by atoms with E-state index in [-0.39, 0.29) is 42.5 Å². The minimum atomic E-state index is -0.0519. The van der Waals surface area contributed by atoms with E-state index < -0.39 is 0 Å². The van der Waals surface area contributed by atoms with Crippen molar-refractivity contribution in [2.24, 2.45) is 4.99 Å². The third-order valence-corrected chi connectivity index (χ3v) is 3.38. The fourth-order valence-corrected chi connectivity index (χ4v) is 2.18. The molecule has 1 atom stereocenters. The lowest BCUT2D eigenvalue weighted by atomic mass is 10.2. The lowest BCUT2D eigenvalue weighted by Gasteiger charge is -2.12. The molecular formula is C16H33IN4O3. The second kappa shape index (κ2) is 15.9. The highest BCUT2D eigenvalue weighted by molar-refractivity contribution is 14.0. The highest BCUT2D eigenvalue weighted by Gasteiger charge is 2.14. The van der Waals surface area contributed by atoms with Crippen LogP contribution in [-0.4, -0.2) is 64.0 Å². The van der Waals surface area contributed by atoms with Gasteiger partial charge < -0.3 is 25.4 Å². The molecule has 0 aromatic heterocycles. The van der Waals surface area contributed by atoms with E-state index in [1.165, 1.54) is 0 Å². The van der Waals surface area contributed by atoms with Crippen molar-refractivity contribution in [3.8, 4) is 0 Å². The fourth-order valence-electron chi connectivity index (χ4n) is 2.18. The van der Waals surface area contributed by atoms with Crippen molar-refractivity contribution in [2.75, 3.05) is 46.0 Å². The zero-order valence-electron chi connectivity index (χ0n) is 14.9. The van der Waals surface area contributed by atoms with E-state index >= 15 is 0 Å². The normalized spacial score (nSPS) is 17.2. The van der Waals surface area contributed by atoms with Gasteiger partial charge in [0.2, 0.25) is 5.91 Å². The monoisotopic (exact) mass is 456 g/mol. The molecule has 3 N–H and O–H groups in total. The Morgan fingerprint density at radius 2 is 2.08 bits per heavy atom. The first-order chi connectivity index (χ1) is 11.3. The molecule has 142 valence electrons. The summed E-state index contributed by atoms with van der Waals surface area (Å²) in [4.78, 5) is 15.8. The summed E-state index contributed by atoms with van der Waals surface area (Å²) in [7, 11) is 0. The molecule has 0 aromatic rings. The van der Waals surface area contributed by atoms with Crippen LogP contribution in [-0.2, 0) is 14.3 Å². The SMILES string of the molecule is CCCNC(=O)CN=C(NCC)NCCCOCC1CCCO1.I. The summed E-state index contributed by atoms with van der Waals surface area (Å²) in [6.07, 6.45) is 4.35. The van der Waals surface area contributed by atoms with Gasteiger partial charge in [-0.25, -0.2) is 4.99 Å². The second-order valence-electron chi connectivity index (χ2n) is 5.54. The Kier molecular flexibility index (Phi) is 15.5. The largest absolute Gasteiger partial charge is 0.379 e. The number of carbonyl (C=O) groups is 1. The summed E-state index contributed by atoms with van der Waals surface area (Å²) in [5.74, 6) is 0.613. The lowest BCUT2D eigenvalue weighted by molar-refractivity contribution is -0.119. The number of nitrogens with one attached hydrogen (secondary N) is 3. The molecular weight excluding hydrogens is 423 g/mol. The smallest absolute Gasteiger partial charge is 0.241 e. The van der Waals surface area contributed by atoms with E-state index in [1.54, 1.807) is 0 Å². The predicted octanol–water partition coefficient (Wildman–Crippen LogP) is 1.27. The molecule has 1 aliphatic rings. The van der Waals surface area contributed by atoms with Gasteiger partial charge in [-0.05, 0) is 32.6 Å². The summed E-state index contributed by atoms with van der Waals surface area (Å²) >= 11 is 0. The topological polar surface area (TPSA) is 84.0 Å². The van der Waals surface area contributed by atoms with Gasteiger partial charge in [-0.3, -0.25) is 4.79 Å². The Balaban J connectivity index is 0.00000529. The lowest BCUT2D eigenvalue weighted by Crippen LogP contribution is -2.39. The molecule has 7 nitrogen and oxygen atoms in total. The van der Waals surface area contributed by atoms with Crippen molar-refractivity contribution in [1.29, 1.82) is 0 Å². The first-order valence-corrected chi connectivity index (χ1v) is 8.74. The number of aliphatic imine (C=N–C) groups is 1. The zero-order chi connectivity index (χ0) is 16.8. The van der Waals surface area contributed by atoms with Gasteiger partial charge in [0.25, 0.3) is 0 Å². The maximum absolute atomic E-state index is 11.5. The van der Waals surface area contributed by atoms with Crippen molar-refractivity contribution >= 4 is 35.8 Å². The molecule has 1 aliphatic heterocycles. The fraction of sp³-hybridized carbons (Fsp3) is 0.875. The average molecular weight is 456 g/mol. The van der Waals surface area contributed by atoms with Crippen LogP contribution in [0.4, 0.5) is 0 Å². The Bertz CT molecular complexity index is 350. The summed E-state index contributed by atoms with van der Waals surface area (Å²) < 4.78 is 11.1. The van der Waals surface area contributed by atoms with Crippen LogP contribution < -0.4 is 16.0 Å². The number of ether oxygens (including phenoxy) is 2. The molecule has 0 radical (unpaired) electrons. The average Bonchev–Trinajstić information content (AvgIpc) is 3.07. The number of hydrogen-bond acceptors (Lipinski definition) is 4. The van der Waals surface area contributed by atoms with Crippen molar-refractivity contribution in [2.45, 2.75) is 45.6 Å². The van der Waals surface area contributed by atoms with Gasteiger partial charge >= 0.3 is 0 Å². The molecule has 24 heavy (non-hydrogen) atoms. The van der Waals surface area contributed by atoms with Gasteiger partial charge in [0.15, 0.2) is 5.96 Å². The number of halogens is 1. The van der Waals surface area contributed by atoms with E-state index in [1.807, 2.05) is 13.8 Å². The molecule has 0 spiro atoms. The molecule has 1 unspecified atom stereocenters. The molecule has 0 saturated carbocycles. The molecule has 0 aromatic carbocycles. The third-order valence-electron chi connectivity index (χ3n) is 3.38. The molecule has 0 bridgehead atoms. The molecule has 1 fully saturated rings. The van der Waals surface area contributed by atoms with Gasteiger partial charge in [0, 0.05) is 32.8 Å². The predicted molar refractivity (Wildman–Crippen MR) is 107 cm³/mol. The minimum absolute atomic E-state index is 0. The quantitative estimate of drug-likeness (QED) is 0.189. The van der Waals surface area contributed by atoms with E-state index in [9.17, 15) is 4.79 Å². The van der Waals surface area contributed by atoms with Crippen LogP contribution in [0, 0.1) is 0 Å². The number of rotatable bonds is 11. The van der Waals surface area contributed by atoms with Crippen molar-refractivity contribution < 1.29 is 14.3 Å². The first-order valence-electron chi connectivity index (χ1n) is 8.74. The zero-order valence-corrected chi connectivity index (χ0v) is 17.3. The molecule has 0 aliphatic carbocycles. The molecule has 1 heterocycles. The van der Waals surface area contributed by atoms with E-state index in [2.05, 4.69) is 20.9 Å². The number of amides is 1. The third kappa shape index (κ3) is 11.9. The number of hydrogen-bond donors (Lipinski definition) is 3. The standard InChI is InChI=1S/C16H32N4O3.HI/c1-3-8-18-15(21)12-20-16(17-4-2)19-9-6-10-22-13-14-7-5-11-23-14;/h14H,3-13H2,1-2H3,(H,18,21)(H2,17,19,20);1H. The van der Waals surface area contributed by atoms with Gasteiger partial charge in [-0.2, -0.15) is 0 Å². The maximum Gasteiger partial charge on any atom is 0.241 e. The summed E-state index contributed by atoms with van der Waals surface area (Å²) in [6.45, 7) is 8.63. The van der Waals surface area contributed by atoms with Gasteiger partial charge in [0.05, 0.1) is 12.7 Å².